The van der Waals surface area contributed by atoms with E-state index < -0.39 is 12.0 Å². The highest BCUT2D eigenvalue weighted by molar-refractivity contribution is 7.98. The van der Waals surface area contributed by atoms with Crippen molar-refractivity contribution in [2.24, 2.45) is 0 Å². The van der Waals surface area contributed by atoms with Crippen molar-refractivity contribution >= 4 is 23.6 Å². The maximum absolute atomic E-state index is 12.9. The lowest BCUT2D eigenvalue weighted by Gasteiger charge is -2.18. The van der Waals surface area contributed by atoms with Crippen molar-refractivity contribution in [2.75, 3.05) is 19.1 Å². The van der Waals surface area contributed by atoms with Crippen LogP contribution in [-0.2, 0) is 9.53 Å². The number of benzene rings is 2. The lowest BCUT2D eigenvalue weighted by molar-refractivity contribution is -0.142. The molecule has 0 spiro atoms. The molecule has 0 aliphatic carbocycles. The standard InChI is InChI=1S/C21H22N2O3S/c1-14-6-4-5-7-16(14)18-12-15(13-22)8-9-17(18)20(24)23-19(10-11-27-3)21(25)26-2/h4-9,12,19H,10-11H2,1-3H3,(H,23,24)/t19-/m0/s1. The topological polar surface area (TPSA) is 79.2 Å². The van der Waals surface area contributed by atoms with Crippen LogP contribution in [0.5, 0.6) is 0 Å². The summed E-state index contributed by atoms with van der Waals surface area (Å²) in [6, 6.07) is 14.0. The minimum Gasteiger partial charge on any atom is -0.467 e. The number of nitrogens with zero attached hydrogens (tertiary/aromatic N) is 1. The highest BCUT2D eigenvalue weighted by atomic mass is 32.2. The predicted octanol–water partition coefficient (Wildman–Crippen LogP) is 3.56. The number of amides is 1. The minimum atomic E-state index is -0.713. The van der Waals surface area contributed by atoms with Gasteiger partial charge in [-0.1, -0.05) is 24.3 Å². The number of nitriles is 1. The maximum atomic E-state index is 12.9. The largest absolute Gasteiger partial charge is 0.467 e. The van der Waals surface area contributed by atoms with Gasteiger partial charge in [0, 0.05) is 5.56 Å². The molecular weight excluding hydrogens is 360 g/mol. The molecular formula is C21H22N2O3S. The van der Waals surface area contributed by atoms with Crippen LogP contribution in [0.25, 0.3) is 11.1 Å². The van der Waals surface area contributed by atoms with Crippen molar-refractivity contribution in [3.63, 3.8) is 0 Å². The smallest absolute Gasteiger partial charge is 0.328 e. The molecule has 0 aliphatic rings. The first-order valence-corrected chi connectivity index (χ1v) is 9.89. The van der Waals surface area contributed by atoms with Crippen LogP contribution in [0.1, 0.15) is 27.9 Å². The third-order valence-electron chi connectivity index (χ3n) is 4.23. The fourth-order valence-corrected chi connectivity index (χ4v) is 3.24. The Morgan fingerprint density at radius 2 is 1.96 bits per heavy atom. The van der Waals surface area contributed by atoms with Crippen LogP contribution in [0, 0.1) is 18.3 Å². The van der Waals surface area contributed by atoms with E-state index in [1.807, 2.05) is 37.4 Å². The Morgan fingerprint density at radius 1 is 1.22 bits per heavy atom. The number of esters is 1. The maximum Gasteiger partial charge on any atom is 0.328 e. The van der Waals surface area contributed by atoms with E-state index in [9.17, 15) is 14.9 Å². The fourth-order valence-electron chi connectivity index (χ4n) is 2.77. The van der Waals surface area contributed by atoms with Crippen LogP contribution < -0.4 is 5.32 Å². The number of methoxy groups -OCH3 is 1. The number of hydrogen-bond acceptors (Lipinski definition) is 5. The summed E-state index contributed by atoms with van der Waals surface area (Å²) >= 11 is 1.59. The van der Waals surface area contributed by atoms with Gasteiger partial charge >= 0.3 is 5.97 Å². The first-order chi connectivity index (χ1) is 13.0. The van der Waals surface area contributed by atoms with Crippen LogP contribution in [0.15, 0.2) is 42.5 Å². The molecule has 2 aromatic carbocycles. The van der Waals surface area contributed by atoms with E-state index in [1.165, 1.54) is 7.11 Å². The summed E-state index contributed by atoms with van der Waals surface area (Å²) < 4.78 is 4.81. The number of ether oxygens (including phenoxy) is 1. The molecule has 0 bridgehead atoms. The first kappa shape index (κ1) is 20.5. The second-order valence-electron chi connectivity index (χ2n) is 6.02. The Morgan fingerprint density at radius 3 is 2.59 bits per heavy atom. The molecule has 2 rings (SSSR count). The Balaban J connectivity index is 2.42. The normalized spacial score (nSPS) is 11.3. The van der Waals surface area contributed by atoms with Gasteiger partial charge in [-0.3, -0.25) is 4.79 Å². The average molecular weight is 382 g/mol. The zero-order valence-electron chi connectivity index (χ0n) is 15.6. The molecule has 1 atom stereocenters. The summed E-state index contributed by atoms with van der Waals surface area (Å²) in [5.41, 5.74) is 3.42. The summed E-state index contributed by atoms with van der Waals surface area (Å²) in [6.45, 7) is 1.95. The molecule has 0 aromatic heterocycles. The van der Waals surface area contributed by atoms with E-state index in [4.69, 9.17) is 4.74 Å². The van der Waals surface area contributed by atoms with Crippen molar-refractivity contribution in [2.45, 2.75) is 19.4 Å². The number of carbonyl (C=O) groups is 2. The van der Waals surface area contributed by atoms with E-state index in [0.29, 0.717) is 23.1 Å². The molecule has 0 unspecified atom stereocenters. The van der Waals surface area contributed by atoms with Gasteiger partial charge in [-0.15, -0.1) is 0 Å². The summed E-state index contributed by atoms with van der Waals surface area (Å²) in [4.78, 5) is 24.9. The van der Waals surface area contributed by atoms with E-state index in [-0.39, 0.29) is 5.91 Å². The zero-order chi connectivity index (χ0) is 19.8. The summed E-state index contributed by atoms with van der Waals surface area (Å²) in [5.74, 6) is -0.115. The Bertz CT molecular complexity index is 874. The first-order valence-electron chi connectivity index (χ1n) is 8.49. The van der Waals surface area contributed by atoms with Crippen LogP contribution in [0.3, 0.4) is 0 Å². The van der Waals surface area contributed by atoms with Gasteiger partial charge < -0.3 is 10.1 Å². The zero-order valence-corrected chi connectivity index (χ0v) is 16.4. The molecule has 0 radical (unpaired) electrons. The van der Waals surface area contributed by atoms with E-state index in [0.717, 1.165) is 16.9 Å². The van der Waals surface area contributed by atoms with Gasteiger partial charge in [-0.05, 0) is 60.2 Å². The molecule has 0 fully saturated rings. The third-order valence-corrected chi connectivity index (χ3v) is 4.87. The van der Waals surface area contributed by atoms with Gasteiger partial charge in [0.1, 0.15) is 6.04 Å². The Labute approximate surface area is 163 Å². The third kappa shape index (κ3) is 5.11. The fraction of sp³-hybridized carbons (Fsp3) is 0.286. The van der Waals surface area contributed by atoms with Crippen molar-refractivity contribution in [1.82, 2.24) is 5.32 Å². The highest BCUT2D eigenvalue weighted by Gasteiger charge is 2.23. The van der Waals surface area contributed by atoms with Crippen LogP contribution in [0.4, 0.5) is 0 Å². The molecule has 0 aliphatic heterocycles. The second-order valence-corrected chi connectivity index (χ2v) is 7.00. The Hall–Kier alpha value is -2.78. The molecule has 27 heavy (non-hydrogen) atoms. The Kier molecular flexibility index (Phi) is 7.44. The van der Waals surface area contributed by atoms with Gasteiger partial charge in [0.2, 0.25) is 0 Å². The SMILES string of the molecule is COC(=O)[C@H](CCSC)NC(=O)c1ccc(C#N)cc1-c1ccccc1C. The number of carbonyl (C=O) groups excluding carboxylic acids is 2. The number of thioether (sulfide) groups is 1. The molecule has 0 saturated carbocycles. The minimum absolute atomic E-state index is 0.366. The van der Waals surface area contributed by atoms with Crippen molar-refractivity contribution in [3.8, 4) is 17.2 Å². The van der Waals surface area contributed by atoms with Gasteiger partial charge in [-0.2, -0.15) is 17.0 Å². The van der Waals surface area contributed by atoms with E-state index in [1.54, 1.807) is 30.0 Å². The van der Waals surface area contributed by atoms with Crippen LogP contribution >= 0.6 is 11.8 Å². The average Bonchev–Trinajstić information content (AvgIpc) is 2.70. The van der Waals surface area contributed by atoms with Gasteiger partial charge in [0.05, 0.1) is 18.7 Å². The van der Waals surface area contributed by atoms with Crippen molar-refractivity contribution in [3.05, 3.63) is 59.2 Å². The molecule has 140 valence electrons. The number of aryl methyl sites for hydroxylation is 1. The summed E-state index contributed by atoms with van der Waals surface area (Å²) in [7, 11) is 1.31. The summed E-state index contributed by atoms with van der Waals surface area (Å²) in [6.07, 6.45) is 2.42. The van der Waals surface area contributed by atoms with Gasteiger partial charge in [0.25, 0.3) is 5.91 Å². The number of hydrogen-bond donors (Lipinski definition) is 1. The monoisotopic (exact) mass is 382 g/mol. The number of nitrogens with one attached hydrogen (secondary N) is 1. The highest BCUT2D eigenvalue weighted by Crippen LogP contribution is 2.28. The predicted molar refractivity (Wildman–Crippen MR) is 108 cm³/mol. The quantitative estimate of drug-likeness (QED) is 0.741. The van der Waals surface area contributed by atoms with Gasteiger partial charge in [-0.25, -0.2) is 4.79 Å². The van der Waals surface area contributed by atoms with Crippen LogP contribution in [-0.4, -0.2) is 37.0 Å². The summed E-state index contributed by atoms with van der Waals surface area (Å²) in [5, 5.41) is 12.0. The van der Waals surface area contributed by atoms with E-state index in [2.05, 4.69) is 11.4 Å². The number of rotatable bonds is 7. The van der Waals surface area contributed by atoms with Crippen molar-refractivity contribution < 1.29 is 14.3 Å². The molecule has 1 amide bonds. The second kappa shape index (κ2) is 9.79. The molecule has 5 nitrogen and oxygen atoms in total. The van der Waals surface area contributed by atoms with E-state index >= 15 is 0 Å². The lowest BCUT2D eigenvalue weighted by Crippen LogP contribution is -2.42. The molecule has 0 heterocycles. The molecule has 1 N–H and O–H groups in total. The van der Waals surface area contributed by atoms with Gasteiger partial charge in [0.15, 0.2) is 0 Å². The molecule has 2 aromatic rings. The lowest BCUT2D eigenvalue weighted by atomic mass is 9.94. The van der Waals surface area contributed by atoms with Crippen LogP contribution in [0.2, 0.25) is 0 Å². The molecule has 6 heteroatoms. The molecule has 0 saturated heterocycles. The van der Waals surface area contributed by atoms with Crippen molar-refractivity contribution in [1.29, 1.82) is 5.26 Å².